The molecule has 4 heteroatoms. The summed E-state index contributed by atoms with van der Waals surface area (Å²) in [6, 6.07) is 0. The highest BCUT2D eigenvalue weighted by Gasteiger charge is 2.00. The van der Waals surface area contributed by atoms with Crippen molar-refractivity contribution < 1.29 is 0 Å². The van der Waals surface area contributed by atoms with Crippen LogP contribution in [0.5, 0.6) is 0 Å². The van der Waals surface area contributed by atoms with Gasteiger partial charge in [-0.25, -0.2) is 4.68 Å². The number of aromatic nitrogens is 3. The van der Waals surface area contributed by atoms with Gasteiger partial charge in [-0.1, -0.05) is 41.1 Å². The Morgan fingerprint density at radius 1 is 1.58 bits per heavy atom. The maximum Gasteiger partial charge on any atom is 0.0725 e. The molecule has 0 amide bonds. The zero-order valence-electron chi connectivity index (χ0n) is 7.33. The molecule has 1 aromatic rings. The van der Waals surface area contributed by atoms with Gasteiger partial charge in [-0.05, 0) is 12.8 Å². The predicted octanol–water partition coefficient (Wildman–Crippen LogP) is 2.06. The lowest BCUT2D eigenvalue weighted by molar-refractivity contribution is 0.557. The second-order valence-corrected chi connectivity index (χ2v) is 3.82. The SMILES string of the molecule is CCCc1cnnn1CCCI. The summed E-state index contributed by atoms with van der Waals surface area (Å²) in [7, 11) is 0. The number of rotatable bonds is 5. The molecule has 0 aliphatic heterocycles. The van der Waals surface area contributed by atoms with Crippen molar-refractivity contribution in [3.63, 3.8) is 0 Å². The normalized spacial score (nSPS) is 10.5. The van der Waals surface area contributed by atoms with Crippen LogP contribution in [-0.2, 0) is 13.0 Å². The van der Waals surface area contributed by atoms with Crippen LogP contribution in [0.1, 0.15) is 25.5 Å². The topological polar surface area (TPSA) is 30.7 Å². The Bertz CT molecular complexity index is 222. The van der Waals surface area contributed by atoms with Crippen molar-refractivity contribution in [1.82, 2.24) is 15.0 Å². The molecule has 1 heterocycles. The molecular weight excluding hydrogens is 265 g/mol. The highest BCUT2D eigenvalue weighted by molar-refractivity contribution is 14.1. The van der Waals surface area contributed by atoms with E-state index in [9.17, 15) is 0 Å². The molecule has 0 aromatic carbocycles. The molecule has 0 aliphatic carbocycles. The van der Waals surface area contributed by atoms with E-state index < -0.39 is 0 Å². The van der Waals surface area contributed by atoms with E-state index in [0.717, 1.165) is 19.4 Å². The summed E-state index contributed by atoms with van der Waals surface area (Å²) in [5.41, 5.74) is 1.27. The van der Waals surface area contributed by atoms with Crippen molar-refractivity contribution >= 4 is 22.6 Å². The van der Waals surface area contributed by atoms with Gasteiger partial charge in [0.25, 0.3) is 0 Å². The van der Waals surface area contributed by atoms with Gasteiger partial charge in [0.2, 0.25) is 0 Å². The molecule has 0 N–H and O–H groups in total. The van der Waals surface area contributed by atoms with Crippen LogP contribution in [0, 0.1) is 0 Å². The van der Waals surface area contributed by atoms with E-state index in [1.54, 1.807) is 0 Å². The van der Waals surface area contributed by atoms with E-state index in [2.05, 4.69) is 39.8 Å². The molecule has 0 fully saturated rings. The Morgan fingerprint density at radius 2 is 2.42 bits per heavy atom. The highest BCUT2D eigenvalue weighted by atomic mass is 127. The Kier molecular flexibility index (Phi) is 4.57. The number of hydrogen-bond acceptors (Lipinski definition) is 2. The van der Waals surface area contributed by atoms with Crippen molar-refractivity contribution in [1.29, 1.82) is 0 Å². The van der Waals surface area contributed by atoms with Gasteiger partial charge in [0, 0.05) is 11.0 Å². The Hall–Kier alpha value is -0.130. The van der Waals surface area contributed by atoms with Crippen LogP contribution in [0.4, 0.5) is 0 Å². The van der Waals surface area contributed by atoms with Crippen LogP contribution in [0.15, 0.2) is 6.20 Å². The fourth-order valence-corrected chi connectivity index (χ4v) is 1.47. The summed E-state index contributed by atoms with van der Waals surface area (Å²) in [5, 5.41) is 7.94. The lowest BCUT2D eigenvalue weighted by atomic mass is 10.3. The van der Waals surface area contributed by atoms with Gasteiger partial charge >= 0.3 is 0 Å². The van der Waals surface area contributed by atoms with Gasteiger partial charge < -0.3 is 0 Å². The summed E-state index contributed by atoms with van der Waals surface area (Å²) in [4.78, 5) is 0. The van der Waals surface area contributed by atoms with E-state index in [0.29, 0.717) is 0 Å². The lowest BCUT2D eigenvalue weighted by Gasteiger charge is -2.02. The molecule has 0 saturated carbocycles. The Balaban J connectivity index is 2.51. The average molecular weight is 279 g/mol. The van der Waals surface area contributed by atoms with Crippen LogP contribution in [0.3, 0.4) is 0 Å². The molecule has 0 spiro atoms. The van der Waals surface area contributed by atoms with Crippen LogP contribution in [0.2, 0.25) is 0 Å². The minimum absolute atomic E-state index is 1.01. The molecule has 12 heavy (non-hydrogen) atoms. The molecule has 0 radical (unpaired) electrons. The fourth-order valence-electron chi connectivity index (χ4n) is 1.13. The fraction of sp³-hybridized carbons (Fsp3) is 0.750. The molecule has 3 nitrogen and oxygen atoms in total. The first-order valence-electron chi connectivity index (χ1n) is 4.31. The van der Waals surface area contributed by atoms with Crippen molar-refractivity contribution in [2.24, 2.45) is 0 Å². The highest BCUT2D eigenvalue weighted by Crippen LogP contribution is 2.02. The third-order valence-electron chi connectivity index (χ3n) is 1.71. The minimum atomic E-state index is 1.01. The van der Waals surface area contributed by atoms with Gasteiger partial charge in [-0.3, -0.25) is 0 Å². The Labute approximate surface area is 86.7 Å². The Morgan fingerprint density at radius 3 is 3.08 bits per heavy atom. The number of nitrogens with zero attached hydrogens (tertiary/aromatic N) is 3. The first-order valence-corrected chi connectivity index (χ1v) is 5.84. The largest absolute Gasteiger partial charge is 0.249 e. The van der Waals surface area contributed by atoms with E-state index >= 15 is 0 Å². The van der Waals surface area contributed by atoms with Gasteiger partial charge in [-0.2, -0.15) is 0 Å². The van der Waals surface area contributed by atoms with Crippen LogP contribution in [-0.4, -0.2) is 19.4 Å². The number of alkyl halides is 1. The van der Waals surface area contributed by atoms with E-state index in [4.69, 9.17) is 0 Å². The smallest absolute Gasteiger partial charge is 0.0725 e. The predicted molar refractivity (Wildman–Crippen MR) is 57.5 cm³/mol. The molecule has 68 valence electrons. The molecule has 0 saturated heterocycles. The molecular formula is C8H14IN3. The zero-order valence-corrected chi connectivity index (χ0v) is 9.49. The van der Waals surface area contributed by atoms with Crippen LogP contribution in [0.25, 0.3) is 0 Å². The van der Waals surface area contributed by atoms with Crippen molar-refractivity contribution in [3.05, 3.63) is 11.9 Å². The molecule has 0 atom stereocenters. The van der Waals surface area contributed by atoms with Crippen molar-refractivity contribution in [3.8, 4) is 0 Å². The minimum Gasteiger partial charge on any atom is -0.249 e. The van der Waals surface area contributed by atoms with E-state index in [1.807, 2.05) is 10.9 Å². The van der Waals surface area contributed by atoms with E-state index in [-0.39, 0.29) is 0 Å². The summed E-state index contributed by atoms with van der Waals surface area (Å²) in [6.45, 7) is 3.19. The quantitative estimate of drug-likeness (QED) is 0.610. The molecule has 1 aromatic heterocycles. The first kappa shape index (κ1) is 9.95. The van der Waals surface area contributed by atoms with Gasteiger partial charge in [-0.15, -0.1) is 5.10 Å². The summed E-state index contributed by atoms with van der Waals surface area (Å²) < 4.78 is 3.20. The molecule has 0 aliphatic rings. The van der Waals surface area contributed by atoms with Gasteiger partial charge in [0.05, 0.1) is 11.9 Å². The summed E-state index contributed by atoms with van der Waals surface area (Å²) in [6.07, 6.45) is 5.31. The van der Waals surface area contributed by atoms with Crippen molar-refractivity contribution in [2.75, 3.05) is 4.43 Å². The van der Waals surface area contributed by atoms with E-state index in [1.165, 1.54) is 16.5 Å². The average Bonchev–Trinajstić information content (AvgIpc) is 2.50. The third kappa shape index (κ3) is 2.73. The second kappa shape index (κ2) is 5.50. The van der Waals surface area contributed by atoms with Crippen LogP contribution < -0.4 is 0 Å². The molecule has 0 unspecified atom stereocenters. The number of aryl methyl sites for hydroxylation is 2. The second-order valence-electron chi connectivity index (χ2n) is 2.74. The van der Waals surface area contributed by atoms with Crippen molar-refractivity contribution in [2.45, 2.75) is 32.7 Å². The number of hydrogen-bond donors (Lipinski definition) is 0. The summed E-state index contributed by atoms with van der Waals surface area (Å²) >= 11 is 2.38. The monoisotopic (exact) mass is 279 g/mol. The first-order chi connectivity index (χ1) is 5.88. The van der Waals surface area contributed by atoms with Gasteiger partial charge in [0.1, 0.15) is 0 Å². The molecule has 0 bridgehead atoms. The summed E-state index contributed by atoms with van der Waals surface area (Å²) in [5.74, 6) is 0. The standard InChI is InChI=1S/C8H14IN3/c1-2-4-8-7-10-11-12(8)6-3-5-9/h7H,2-6H2,1H3. The maximum atomic E-state index is 4.04. The lowest BCUT2D eigenvalue weighted by Crippen LogP contribution is -2.05. The maximum absolute atomic E-state index is 4.04. The zero-order chi connectivity index (χ0) is 8.81. The van der Waals surface area contributed by atoms with Gasteiger partial charge in [0.15, 0.2) is 0 Å². The van der Waals surface area contributed by atoms with Crippen LogP contribution >= 0.6 is 22.6 Å². The third-order valence-corrected chi connectivity index (χ3v) is 2.47. The number of halogens is 1. The molecule has 1 rings (SSSR count).